The number of amides is 3. The Bertz CT molecular complexity index is 1770. The lowest BCUT2D eigenvalue weighted by atomic mass is 9.99. The third kappa shape index (κ3) is 5.94. The van der Waals surface area contributed by atoms with Crippen LogP contribution in [-0.2, 0) is 24.7 Å². The van der Waals surface area contributed by atoms with E-state index in [2.05, 4.69) is 20.9 Å². The second-order valence-corrected chi connectivity index (χ2v) is 12.0. The normalized spacial score (nSPS) is 14.6. The van der Waals surface area contributed by atoms with E-state index in [1.807, 2.05) is 31.2 Å². The third-order valence-electron chi connectivity index (χ3n) is 7.90. The first kappa shape index (κ1) is 28.4. The van der Waals surface area contributed by atoms with Crippen LogP contribution in [0, 0.1) is 6.92 Å². The Kier molecular flexibility index (Phi) is 7.81. The highest BCUT2D eigenvalue weighted by Gasteiger charge is 2.23. The Labute approximate surface area is 252 Å². The molecule has 6 rings (SSSR count). The molecule has 0 bridgehead atoms. The minimum Gasteiger partial charge on any atom is -0.353 e. The molecule has 0 spiro atoms. The van der Waals surface area contributed by atoms with Gasteiger partial charge in [0.25, 0.3) is 17.4 Å². The van der Waals surface area contributed by atoms with E-state index in [-0.39, 0.29) is 29.8 Å². The van der Waals surface area contributed by atoms with Crippen LogP contribution in [0.15, 0.2) is 59.7 Å². The van der Waals surface area contributed by atoms with Crippen LogP contribution in [-0.4, -0.2) is 51.8 Å². The van der Waals surface area contributed by atoms with Gasteiger partial charge in [-0.25, -0.2) is 4.98 Å². The highest BCUT2D eigenvalue weighted by Crippen LogP contribution is 2.32. The number of hydrogen-bond donors (Lipinski definition) is 3. The van der Waals surface area contributed by atoms with E-state index in [9.17, 15) is 19.2 Å². The minimum atomic E-state index is -0.270. The molecule has 3 aromatic heterocycles. The largest absolute Gasteiger partial charge is 0.353 e. The molecule has 2 aliphatic rings. The monoisotopic (exact) mass is 596 g/mol. The lowest BCUT2D eigenvalue weighted by molar-refractivity contribution is -0.123. The van der Waals surface area contributed by atoms with Crippen molar-refractivity contribution in [2.24, 2.45) is 7.05 Å². The van der Waals surface area contributed by atoms with Crippen molar-refractivity contribution in [2.75, 3.05) is 30.3 Å². The maximum atomic E-state index is 13.2. The average molecular weight is 597 g/mol. The number of piperazine rings is 1. The fourth-order valence-electron chi connectivity index (χ4n) is 5.55. The van der Waals surface area contributed by atoms with Gasteiger partial charge >= 0.3 is 0 Å². The molecule has 10 nitrogen and oxygen atoms in total. The average Bonchev–Trinajstić information content (AvgIpc) is 3.45. The quantitative estimate of drug-likeness (QED) is 0.306. The predicted molar refractivity (Wildman–Crippen MR) is 167 cm³/mol. The first-order valence-corrected chi connectivity index (χ1v) is 15.1. The summed E-state index contributed by atoms with van der Waals surface area (Å²) in [4.78, 5) is 58.5. The number of thiophene rings is 1. The Balaban J connectivity index is 1.21. The molecule has 1 aromatic carbocycles. The fraction of sp³-hybridized carbons (Fsp3) is 0.281. The van der Waals surface area contributed by atoms with Gasteiger partial charge in [0.1, 0.15) is 11.5 Å². The summed E-state index contributed by atoms with van der Waals surface area (Å²) in [5.41, 5.74) is 5.00. The van der Waals surface area contributed by atoms with Crippen LogP contribution < -0.4 is 21.5 Å². The van der Waals surface area contributed by atoms with E-state index in [4.69, 9.17) is 0 Å². The zero-order valence-corrected chi connectivity index (χ0v) is 24.8. The molecule has 0 saturated carbocycles. The van der Waals surface area contributed by atoms with Gasteiger partial charge in [-0.1, -0.05) is 12.1 Å². The first-order valence-electron chi connectivity index (χ1n) is 14.3. The molecule has 3 amide bonds. The van der Waals surface area contributed by atoms with Crippen molar-refractivity contribution in [3.8, 4) is 11.1 Å². The summed E-state index contributed by atoms with van der Waals surface area (Å²) in [6.45, 7) is 2.82. The van der Waals surface area contributed by atoms with Gasteiger partial charge in [0.15, 0.2) is 0 Å². The molecule has 220 valence electrons. The SMILES string of the molecule is Cc1c(NC(=O)c2cc3c(s2)CCCC3)cccc1-c1cc(Nc2ccc(C(=O)N3CCNC(=O)C3)cn2)c(=O)n(C)c1. The molecule has 43 heavy (non-hydrogen) atoms. The molecule has 1 aliphatic carbocycles. The maximum Gasteiger partial charge on any atom is 0.274 e. The molecule has 0 radical (unpaired) electrons. The van der Waals surface area contributed by atoms with Crippen molar-refractivity contribution < 1.29 is 14.4 Å². The van der Waals surface area contributed by atoms with E-state index < -0.39 is 0 Å². The van der Waals surface area contributed by atoms with Crippen LogP contribution in [0.4, 0.5) is 17.2 Å². The number of nitrogens with zero attached hydrogens (tertiary/aromatic N) is 3. The van der Waals surface area contributed by atoms with Crippen LogP contribution in [0.3, 0.4) is 0 Å². The molecule has 1 fully saturated rings. The van der Waals surface area contributed by atoms with Gasteiger partial charge in [0.05, 0.1) is 17.0 Å². The lowest BCUT2D eigenvalue weighted by Crippen LogP contribution is -2.49. The van der Waals surface area contributed by atoms with E-state index in [1.54, 1.807) is 42.8 Å². The van der Waals surface area contributed by atoms with Gasteiger partial charge in [0, 0.05) is 48.7 Å². The van der Waals surface area contributed by atoms with Crippen LogP contribution >= 0.6 is 11.3 Å². The molecule has 4 aromatic rings. The number of benzene rings is 1. The molecule has 3 N–H and O–H groups in total. The Hall–Kier alpha value is -4.77. The summed E-state index contributed by atoms with van der Waals surface area (Å²) < 4.78 is 1.50. The van der Waals surface area contributed by atoms with Gasteiger partial charge in [-0.3, -0.25) is 19.2 Å². The van der Waals surface area contributed by atoms with Gasteiger partial charge in [0.2, 0.25) is 5.91 Å². The Morgan fingerprint density at radius 2 is 1.88 bits per heavy atom. The standard InChI is InChI=1S/C32H32N6O4S/c1-19-23(7-5-8-24(19)36-30(40)27-15-20-6-3-4-9-26(20)43-27)22-14-25(32(42)37(2)17-22)35-28-11-10-21(16-34-28)31(41)38-13-12-33-29(39)18-38/h5,7-8,10-11,14-17H,3-4,6,9,12-13,18H2,1-2H3,(H,33,39)(H,34,35)(H,36,40). The number of aryl methyl sites for hydroxylation is 3. The molecule has 1 saturated heterocycles. The van der Waals surface area contributed by atoms with Crippen molar-refractivity contribution in [1.82, 2.24) is 19.8 Å². The summed E-state index contributed by atoms with van der Waals surface area (Å²) in [5.74, 6) is -0.170. The summed E-state index contributed by atoms with van der Waals surface area (Å²) >= 11 is 1.58. The number of carbonyl (C=O) groups is 3. The van der Waals surface area contributed by atoms with Crippen molar-refractivity contribution in [2.45, 2.75) is 32.6 Å². The molecular formula is C32H32N6O4S. The Morgan fingerprint density at radius 1 is 1.05 bits per heavy atom. The number of fused-ring (bicyclic) bond motifs is 1. The second kappa shape index (κ2) is 11.8. The molecule has 1 aliphatic heterocycles. The van der Waals surface area contributed by atoms with Crippen LogP contribution in [0.5, 0.6) is 0 Å². The van der Waals surface area contributed by atoms with Crippen molar-refractivity contribution >= 4 is 46.3 Å². The number of rotatable bonds is 6. The molecule has 11 heteroatoms. The third-order valence-corrected chi connectivity index (χ3v) is 9.13. The number of carbonyl (C=O) groups excluding carboxylic acids is 3. The highest BCUT2D eigenvalue weighted by atomic mass is 32.1. The van der Waals surface area contributed by atoms with Gasteiger partial charge < -0.3 is 25.4 Å². The van der Waals surface area contributed by atoms with E-state index >= 15 is 0 Å². The smallest absolute Gasteiger partial charge is 0.274 e. The van der Waals surface area contributed by atoms with Gasteiger partial charge in [-0.2, -0.15) is 0 Å². The van der Waals surface area contributed by atoms with Gasteiger partial charge in [-0.05, 0) is 79.6 Å². The minimum absolute atomic E-state index is 0.0157. The number of aromatic nitrogens is 2. The zero-order chi connectivity index (χ0) is 30.1. The van der Waals surface area contributed by atoms with Crippen molar-refractivity contribution in [3.63, 3.8) is 0 Å². The summed E-state index contributed by atoms with van der Waals surface area (Å²) in [5, 5.41) is 8.88. The van der Waals surface area contributed by atoms with Crippen LogP contribution in [0.2, 0.25) is 0 Å². The highest BCUT2D eigenvalue weighted by molar-refractivity contribution is 7.14. The topological polar surface area (TPSA) is 125 Å². The maximum absolute atomic E-state index is 13.2. The van der Waals surface area contributed by atoms with Crippen molar-refractivity contribution in [1.29, 1.82) is 0 Å². The fourth-order valence-corrected chi connectivity index (χ4v) is 6.69. The second-order valence-electron chi connectivity index (χ2n) is 10.9. The van der Waals surface area contributed by atoms with E-state index in [1.165, 1.54) is 38.9 Å². The number of pyridine rings is 2. The number of hydrogen-bond acceptors (Lipinski definition) is 7. The molecular weight excluding hydrogens is 564 g/mol. The molecule has 4 heterocycles. The molecule has 0 unspecified atom stereocenters. The van der Waals surface area contributed by atoms with Crippen LogP contribution in [0.25, 0.3) is 11.1 Å². The van der Waals surface area contributed by atoms with Crippen molar-refractivity contribution in [3.05, 3.63) is 91.7 Å². The number of nitrogens with one attached hydrogen (secondary N) is 3. The van der Waals surface area contributed by atoms with Gasteiger partial charge in [-0.15, -0.1) is 11.3 Å². The molecule has 0 atom stereocenters. The van der Waals surface area contributed by atoms with E-state index in [0.29, 0.717) is 35.8 Å². The number of anilines is 3. The van der Waals surface area contributed by atoms with E-state index in [0.717, 1.165) is 34.4 Å². The summed E-state index contributed by atoms with van der Waals surface area (Å²) in [7, 11) is 1.68. The lowest BCUT2D eigenvalue weighted by Gasteiger charge is -2.26. The Morgan fingerprint density at radius 3 is 2.65 bits per heavy atom. The van der Waals surface area contributed by atoms with Crippen LogP contribution in [0.1, 0.15) is 48.9 Å². The predicted octanol–water partition coefficient (Wildman–Crippen LogP) is 4.26. The summed E-state index contributed by atoms with van der Waals surface area (Å²) in [6.07, 6.45) is 7.62. The first-order chi connectivity index (χ1) is 20.8. The zero-order valence-electron chi connectivity index (χ0n) is 24.0. The summed E-state index contributed by atoms with van der Waals surface area (Å²) in [6, 6.07) is 12.8.